The highest BCUT2D eigenvalue weighted by Crippen LogP contribution is 2.22. The van der Waals surface area contributed by atoms with Gasteiger partial charge in [0.1, 0.15) is 0 Å². The number of hydrogen-bond acceptors (Lipinski definition) is 2. The first-order valence-electron chi connectivity index (χ1n) is 6.19. The van der Waals surface area contributed by atoms with Gasteiger partial charge in [0, 0.05) is 18.8 Å². The van der Waals surface area contributed by atoms with Crippen LogP contribution in [0.4, 0.5) is 0 Å². The van der Waals surface area contributed by atoms with Gasteiger partial charge in [0.05, 0.1) is 16.8 Å². The van der Waals surface area contributed by atoms with Gasteiger partial charge < -0.3 is 4.57 Å². The summed E-state index contributed by atoms with van der Waals surface area (Å²) in [6.07, 6.45) is 1.79. The van der Waals surface area contributed by atoms with Crippen molar-refractivity contribution in [1.29, 1.82) is 0 Å². The van der Waals surface area contributed by atoms with Crippen LogP contribution in [0.5, 0.6) is 0 Å². The third-order valence-electron chi connectivity index (χ3n) is 3.31. The molecule has 0 aliphatic carbocycles. The molecule has 3 aromatic rings. The fourth-order valence-electron chi connectivity index (χ4n) is 2.30. The van der Waals surface area contributed by atoms with E-state index in [1.165, 1.54) is 0 Å². The normalized spacial score (nSPS) is 10.8. The molecule has 0 atom stereocenters. The monoisotopic (exact) mass is 250 g/mol. The lowest BCUT2D eigenvalue weighted by molar-refractivity contribution is 0.871. The van der Waals surface area contributed by atoms with E-state index in [1.54, 1.807) is 17.8 Å². The van der Waals surface area contributed by atoms with Crippen molar-refractivity contribution in [3.05, 3.63) is 64.7 Å². The predicted molar refractivity (Wildman–Crippen MR) is 77.2 cm³/mol. The molecule has 0 aliphatic heterocycles. The number of nitrogens with zero attached hydrogens (tertiary/aromatic N) is 2. The zero-order valence-corrected chi connectivity index (χ0v) is 10.9. The van der Waals surface area contributed by atoms with Crippen LogP contribution in [0.3, 0.4) is 0 Å². The van der Waals surface area contributed by atoms with E-state index in [2.05, 4.69) is 4.98 Å². The van der Waals surface area contributed by atoms with Gasteiger partial charge in [0.2, 0.25) is 0 Å². The Morgan fingerprint density at radius 1 is 1.11 bits per heavy atom. The van der Waals surface area contributed by atoms with E-state index in [0.717, 1.165) is 22.3 Å². The highest BCUT2D eigenvalue weighted by Gasteiger charge is 2.08. The smallest absolute Gasteiger partial charge is 0.259 e. The second-order valence-corrected chi connectivity index (χ2v) is 4.65. The minimum absolute atomic E-state index is 0.00196. The summed E-state index contributed by atoms with van der Waals surface area (Å²) in [4.78, 5) is 16.7. The third-order valence-corrected chi connectivity index (χ3v) is 3.31. The minimum atomic E-state index is 0.00196. The average Bonchev–Trinajstić information content (AvgIpc) is 2.43. The highest BCUT2D eigenvalue weighted by atomic mass is 16.1. The first-order chi connectivity index (χ1) is 9.16. The summed E-state index contributed by atoms with van der Waals surface area (Å²) in [5.41, 5.74) is 2.74. The summed E-state index contributed by atoms with van der Waals surface area (Å²) in [5.74, 6) is 0. The first kappa shape index (κ1) is 11.7. The number of rotatable bonds is 1. The molecule has 0 fully saturated rings. The van der Waals surface area contributed by atoms with E-state index in [0.29, 0.717) is 5.39 Å². The summed E-state index contributed by atoms with van der Waals surface area (Å²) >= 11 is 0. The molecule has 3 rings (SSSR count). The van der Waals surface area contributed by atoms with Crippen molar-refractivity contribution < 1.29 is 0 Å². The lowest BCUT2D eigenvalue weighted by Gasteiger charge is -2.07. The van der Waals surface area contributed by atoms with Gasteiger partial charge in [-0.15, -0.1) is 0 Å². The lowest BCUT2D eigenvalue weighted by Crippen LogP contribution is -2.17. The number of aryl methyl sites for hydroxylation is 2. The van der Waals surface area contributed by atoms with Crippen LogP contribution in [0.2, 0.25) is 0 Å². The topological polar surface area (TPSA) is 34.9 Å². The van der Waals surface area contributed by atoms with Crippen LogP contribution in [0.25, 0.3) is 22.0 Å². The maximum Gasteiger partial charge on any atom is 0.259 e. The molecule has 2 aromatic heterocycles. The van der Waals surface area contributed by atoms with Gasteiger partial charge in [-0.25, -0.2) is 0 Å². The first-order valence-corrected chi connectivity index (χ1v) is 6.19. The van der Waals surface area contributed by atoms with Crippen molar-refractivity contribution in [3.8, 4) is 11.3 Å². The molecule has 2 heterocycles. The number of pyridine rings is 2. The third kappa shape index (κ3) is 1.93. The Bertz CT molecular complexity index is 804. The molecule has 0 unspecified atom stereocenters. The Kier molecular flexibility index (Phi) is 2.67. The van der Waals surface area contributed by atoms with Crippen LogP contribution >= 0.6 is 0 Å². The van der Waals surface area contributed by atoms with Crippen molar-refractivity contribution in [2.24, 2.45) is 7.05 Å². The molecule has 0 saturated heterocycles. The molecule has 3 nitrogen and oxygen atoms in total. The second kappa shape index (κ2) is 4.35. The largest absolute Gasteiger partial charge is 0.318 e. The molecule has 0 saturated carbocycles. The maximum absolute atomic E-state index is 12.1. The Balaban J connectivity index is 2.33. The van der Waals surface area contributed by atoms with Gasteiger partial charge in [-0.1, -0.05) is 30.3 Å². The maximum atomic E-state index is 12.1. The van der Waals surface area contributed by atoms with Crippen LogP contribution in [0.15, 0.2) is 53.5 Å². The number of aromatic nitrogens is 2. The molecule has 0 bridgehead atoms. The molecule has 0 N–H and O–H groups in total. The SMILES string of the molecule is Cc1nc(-c2ccccc2)cc2ccn(C)c(=O)c12. The summed E-state index contributed by atoms with van der Waals surface area (Å²) in [7, 11) is 1.76. The van der Waals surface area contributed by atoms with Crippen molar-refractivity contribution in [1.82, 2.24) is 9.55 Å². The van der Waals surface area contributed by atoms with E-state index in [9.17, 15) is 4.79 Å². The zero-order chi connectivity index (χ0) is 13.4. The van der Waals surface area contributed by atoms with Crippen LogP contribution in [-0.2, 0) is 7.05 Å². The van der Waals surface area contributed by atoms with Gasteiger partial charge in [0.15, 0.2) is 0 Å². The predicted octanol–water partition coefficient (Wildman–Crippen LogP) is 2.91. The number of benzene rings is 1. The van der Waals surface area contributed by atoms with Crippen molar-refractivity contribution in [2.75, 3.05) is 0 Å². The van der Waals surface area contributed by atoms with E-state index < -0.39 is 0 Å². The van der Waals surface area contributed by atoms with E-state index in [-0.39, 0.29) is 5.56 Å². The van der Waals surface area contributed by atoms with Crippen molar-refractivity contribution in [3.63, 3.8) is 0 Å². The zero-order valence-electron chi connectivity index (χ0n) is 10.9. The molecule has 94 valence electrons. The van der Waals surface area contributed by atoms with Gasteiger partial charge in [0.25, 0.3) is 5.56 Å². The van der Waals surface area contributed by atoms with Crippen molar-refractivity contribution in [2.45, 2.75) is 6.92 Å². The lowest BCUT2D eigenvalue weighted by atomic mass is 10.1. The molecule has 19 heavy (non-hydrogen) atoms. The van der Waals surface area contributed by atoms with Crippen LogP contribution in [0, 0.1) is 6.92 Å². The molecular formula is C16H14N2O. The fraction of sp³-hybridized carbons (Fsp3) is 0.125. The summed E-state index contributed by atoms with van der Waals surface area (Å²) in [6, 6.07) is 13.9. The van der Waals surface area contributed by atoms with Crippen LogP contribution in [-0.4, -0.2) is 9.55 Å². The number of hydrogen-bond donors (Lipinski definition) is 0. The quantitative estimate of drug-likeness (QED) is 0.665. The van der Waals surface area contributed by atoms with Crippen LogP contribution in [0.1, 0.15) is 5.69 Å². The molecule has 0 radical (unpaired) electrons. The Labute approximate surface area is 111 Å². The Hall–Kier alpha value is -2.42. The minimum Gasteiger partial charge on any atom is -0.318 e. The van der Waals surface area contributed by atoms with Gasteiger partial charge in [-0.2, -0.15) is 0 Å². The van der Waals surface area contributed by atoms with Crippen molar-refractivity contribution >= 4 is 10.8 Å². The second-order valence-electron chi connectivity index (χ2n) is 4.65. The summed E-state index contributed by atoms with van der Waals surface area (Å²) < 4.78 is 1.58. The molecule has 0 amide bonds. The van der Waals surface area contributed by atoms with E-state index in [1.807, 2.05) is 49.4 Å². The summed E-state index contributed by atoms with van der Waals surface area (Å²) in [6.45, 7) is 1.89. The van der Waals surface area contributed by atoms with Gasteiger partial charge in [-0.3, -0.25) is 9.78 Å². The Morgan fingerprint density at radius 3 is 2.58 bits per heavy atom. The molecular weight excluding hydrogens is 236 g/mol. The fourth-order valence-corrected chi connectivity index (χ4v) is 2.30. The van der Waals surface area contributed by atoms with E-state index >= 15 is 0 Å². The summed E-state index contributed by atoms with van der Waals surface area (Å²) in [5, 5.41) is 1.64. The highest BCUT2D eigenvalue weighted by molar-refractivity contribution is 5.86. The van der Waals surface area contributed by atoms with E-state index in [4.69, 9.17) is 0 Å². The average molecular weight is 250 g/mol. The van der Waals surface area contributed by atoms with Gasteiger partial charge in [-0.05, 0) is 24.4 Å². The Morgan fingerprint density at radius 2 is 1.84 bits per heavy atom. The molecule has 3 heteroatoms. The number of fused-ring (bicyclic) bond motifs is 1. The molecule has 0 aliphatic rings. The van der Waals surface area contributed by atoms with Gasteiger partial charge >= 0.3 is 0 Å². The standard InChI is InChI=1S/C16H14N2O/c1-11-15-13(8-9-18(2)16(15)19)10-14(17-11)12-6-4-3-5-7-12/h3-10H,1-2H3. The molecule has 0 spiro atoms. The molecule has 1 aromatic carbocycles. The van der Waals surface area contributed by atoms with Crippen LogP contribution < -0.4 is 5.56 Å².